The van der Waals surface area contributed by atoms with Crippen LogP contribution in [-0.2, 0) is 9.84 Å². The second-order valence-corrected chi connectivity index (χ2v) is 7.68. The molecule has 72 valence electrons. The minimum absolute atomic E-state index is 0.0548. The molecular weight excluding hydrogens is 209 g/mol. The zero-order valence-electron chi connectivity index (χ0n) is 6.26. The summed E-state index contributed by atoms with van der Waals surface area (Å²) in [5, 5.41) is 0. The largest absolute Gasteiger partial charge is 0.355 e. The Kier molecular flexibility index (Phi) is 2.53. The zero-order valence-corrected chi connectivity index (χ0v) is 8.50. The van der Waals surface area contributed by atoms with E-state index in [-0.39, 0.29) is 17.9 Å². The SMILES string of the molecule is O=S1(=O)CCC([SiH2]C(F)(F)F)C1. The molecule has 12 heavy (non-hydrogen) atoms. The van der Waals surface area contributed by atoms with E-state index in [0.717, 1.165) is 0 Å². The molecule has 0 aromatic carbocycles. The minimum Gasteiger partial charge on any atom is -0.229 e. The average molecular weight is 218 g/mol. The second-order valence-electron chi connectivity index (χ2n) is 3.09. The molecule has 1 aliphatic rings. The van der Waals surface area contributed by atoms with Crippen molar-refractivity contribution in [1.29, 1.82) is 0 Å². The molecule has 0 aromatic heterocycles. The maximum Gasteiger partial charge on any atom is 0.355 e. The van der Waals surface area contributed by atoms with Crippen LogP contribution in [0.5, 0.6) is 0 Å². The molecule has 1 fully saturated rings. The number of halogens is 3. The van der Waals surface area contributed by atoms with Gasteiger partial charge in [-0.2, -0.15) is 13.2 Å². The third-order valence-corrected chi connectivity index (χ3v) is 5.84. The summed E-state index contributed by atoms with van der Waals surface area (Å²) >= 11 is 0. The van der Waals surface area contributed by atoms with Gasteiger partial charge in [0.2, 0.25) is 0 Å². The van der Waals surface area contributed by atoms with E-state index < -0.39 is 30.7 Å². The standard InChI is InChI=1S/C5H9F3O2SSi/c6-5(7,8)12-4-1-2-11(9,10)3-4/h4H,1-3,12H2. The third-order valence-electron chi connectivity index (χ3n) is 1.85. The van der Waals surface area contributed by atoms with Crippen LogP contribution in [0.3, 0.4) is 0 Å². The summed E-state index contributed by atoms with van der Waals surface area (Å²) in [5.74, 6) is -4.38. The van der Waals surface area contributed by atoms with Crippen molar-refractivity contribution >= 4 is 19.4 Å². The number of sulfone groups is 1. The van der Waals surface area contributed by atoms with Crippen LogP contribution < -0.4 is 0 Å². The van der Waals surface area contributed by atoms with E-state index in [1.54, 1.807) is 0 Å². The van der Waals surface area contributed by atoms with E-state index in [1.165, 1.54) is 0 Å². The lowest BCUT2D eigenvalue weighted by Crippen LogP contribution is -2.23. The maximum absolute atomic E-state index is 11.8. The molecule has 0 saturated carbocycles. The first-order valence-electron chi connectivity index (χ1n) is 3.56. The molecule has 1 unspecified atom stereocenters. The summed E-state index contributed by atoms with van der Waals surface area (Å²) in [7, 11) is -5.36. The fourth-order valence-electron chi connectivity index (χ4n) is 1.36. The van der Waals surface area contributed by atoms with E-state index in [2.05, 4.69) is 0 Å². The van der Waals surface area contributed by atoms with Gasteiger partial charge in [-0.05, 0) is 12.0 Å². The summed E-state index contributed by atoms with van der Waals surface area (Å²) in [4.78, 5) is 0. The van der Waals surface area contributed by atoms with Crippen molar-refractivity contribution in [3.8, 4) is 0 Å². The number of hydrogen-bond donors (Lipinski definition) is 0. The Morgan fingerprint density at radius 3 is 2.25 bits per heavy atom. The lowest BCUT2D eigenvalue weighted by molar-refractivity contribution is -0.0480. The van der Waals surface area contributed by atoms with Gasteiger partial charge in [-0.25, -0.2) is 8.42 Å². The predicted octanol–water partition coefficient (Wildman–Crippen LogP) is 0.282. The highest BCUT2D eigenvalue weighted by atomic mass is 32.2. The Labute approximate surface area is 70.9 Å². The molecule has 0 radical (unpaired) electrons. The fourth-order valence-corrected chi connectivity index (χ4v) is 6.01. The van der Waals surface area contributed by atoms with E-state index >= 15 is 0 Å². The Bertz CT molecular complexity index is 258. The molecule has 0 aromatic rings. The van der Waals surface area contributed by atoms with Gasteiger partial charge in [0.25, 0.3) is 0 Å². The molecule has 2 nitrogen and oxygen atoms in total. The summed E-state index contributed by atoms with van der Waals surface area (Å²) in [5.41, 5.74) is -0.574. The van der Waals surface area contributed by atoms with Crippen molar-refractivity contribution in [2.75, 3.05) is 11.5 Å². The molecule has 1 heterocycles. The molecule has 1 saturated heterocycles. The number of rotatable bonds is 1. The van der Waals surface area contributed by atoms with Crippen LogP contribution in [0.25, 0.3) is 0 Å². The van der Waals surface area contributed by atoms with Gasteiger partial charge in [-0.1, -0.05) is 0 Å². The highest BCUT2D eigenvalue weighted by Gasteiger charge is 2.38. The van der Waals surface area contributed by atoms with Crippen molar-refractivity contribution in [2.45, 2.75) is 17.8 Å². The van der Waals surface area contributed by atoms with E-state index in [1.807, 2.05) is 0 Å². The molecule has 0 N–H and O–H groups in total. The Hall–Kier alpha value is -0.0431. The third kappa shape index (κ3) is 3.14. The molecular formula is C5H9F3O2SSi. The minimum atomic E-state index is -4.09. The lowest BCUT2D eigenvalue weighted by Gasteiger charge is -2.09. The van der Waals surface area contributed by atoms with Crippen LogP contribution in [-0.4, -0.2) is 35.2 Å². The molecule has 0 amide bonds. The van der Waals surface area contributed by atoms with Crippen molar-refractivity contribution in [3.63, 3.8) is 0 Å². The van der Waals surface area contributed by atoms with Crippen LogP contribution in [0, 0.1) is 0 Å². The monoisotopic (exact) mass is 218 g/mol. The van der Waals surface area contributed by atoms with E-state index in [9.17, 15) is 21.6 Å². The van der Waals surface area contributed by atoms with Crippen molar-refractivity contribution in [3.05, 3.63) is 0 Å². The lowest BCUT2D eigenvalue weighted by atomic mass is 10.4. The predicted molar refractivity (Wildman–Crippen MR) is 41.6 cm³/mol. The van der Waals surface area contributed by atoms with Gasteiger partial charge in [0, 0.05) is 0 Å². The first-order chi connectivity index (χ1) is 5.29. The molecule has 1 aliphatic heterocycles. The Morgan fingerprint density at radius 1 is 1.33 bits per heavy atom. The molecule has 0 spiro atoms. The van der Waals surface area contributed by atoms with Gasteiger partial charge in [0.1, 0.15) is 9.84 Å². The van der Waals surface area contributed by atoms with Crippen molar-refractivity contribution in [1.82, 2.24) is 0 Å². The van der Waals surface area contributed by atoms with Crippen LogP contribution in [0.2, 0.25) is 5.54 Å². The van der Waals surface area contributed by atoms with E-state index in [0.29, 0.717) is 0 Å². The smallest absolute Gasteiger partial charge is 0.229 e. The number of hydrogen-bond acceptors (Lipinski definition) is 2. The molecule has 0 bridgehead atoms. The summed E-state index contributed by atoms with van der Waals surface area (Å²) in [6.45, 7) is 0. The molecule has 1 atom stereocenters. The van der Waals surface area contributed by atoms with Crippen molar-refractivity contribution < 1.29 is 21.6 Å². The first-order valence-corrected chi connectivity index (χ1v) is 6.90. The van der Waals surface area contributed by atoms with Gasteiger partial charge in [0.15, 0.2) is 9.52 Å². The van der Waals surface area contributed by atoms with Gasteiger partial charge >= 0.3 is 5.80 Å². The summed E-state index contributed by atoms with van der Waals surface area (Å²) in [6, 6.07) is 0. The normalized spacial score (nSPS) is 30.1. The summed E-state index contributed by atoms with van der Waals surface area (Å²) in [6.07, 6.45) is 0.216. The van der Waals surface area contributed by atoms with Crippen LogP contribution in [0.1, 0.15) is 6.42 Å². The van der Waals surface area contributed by atoms with Crippen LogP contribution in [0.4, 0.5) is 13.2 Å². The topological polar surface area (TPSA) is 34.1 Å². The second kappa shape index (κ2) is 3.02. The van der Waals surface area contributed by atoms with Gasteiger partial charge in [-0.15, -0.1) is 0 Å². The highest BCUT2D eigenvalue weighted by molar-refractivity contribution is 7.91. The first kappa shape index (κ1) is 10.0. The average Bonchev–Trinajstić information content (AvgIpc) is 2.05. The highest BCUT2D eigenvalue weighted by Crippen LogP contribution is 2.28. The number of alkyl halides is 3. The van der Waals surface area contributed by atoms with Crippen LogP contribution in [0.15, 0.2) is 0 Å². The van der Waals surface area contributed by atoms with Crippen LogP contribution >= 0.6 is 0 Å². The molecule has 7 heteroatoms. The maximum atomic E-state index is 11.8. The van der Waals surface area contributed by atoms with Gasteiger partial charge in [-0.3, -0.25) is 0 Å². The molecule has 1 rings (SSSR count). The zero-order chi connectivity index (χ0) is 9.41. The quantitative estimate of drug-likeness (QED) is 0.592. The Morgan fingerprint density at radius 2 is 1.92 bits per heavy atom. The van der Waals surface area contributed by atoms with E-state index in [4.69, 9.17) is 0 Å². The van der Waals surface area contributed by atoms with Gasteiger partial charge < -0.3 is 0 Å². The summed E-state index contributed by atoms with van der Waals surface area (Å²) < 4.78 is 57.0. The van der Waals surface area contributed by atoms with Gasteiger partial charge in [0.05, 0.1) is 11.5 Å². The molecule has 0 aliphatic carbocycles. The Balaban J connectivity index is 2.49. The van der Waals surface area contributed by atoms with Crippen molar-refractivity contribution in [2.24, 2.45) is 0 Å². The fraction of sp³-hybridized carbons (Fsp3) is 1.00.